The van der Waals surface area contributed by atoms with E-state index in [9.17, 15) is 4.79 Å². The van der Waals surface area contributed by atoms with Crippen molar-refractivity contribution in [1.82, 2.24) is 5.32 Å². The molecule has 1 aromatic rings. The van der Waals surface area contributed by atoms with Crippen LogP contribution in [0.2, 0.25) is 0 Å². The van der Waals surface area contributed by atoms with Gasteiger partial charge in [0, 0.05) is 24.6 Å². The fourth-order valence-electron chi connectivity index (χ4n) is 2.49. The zero-order valence-electron chi connectivity index (χ0n) is 15.6. The Labute approximate surface area is 152 Å². The van der Waals surface area contributed by atoms with Gasteiger partial charge in [0.25, 0.3) is 0 Å². The first-order chi connectivity index (χ1) is 10.8. The third kappa shape index (κ3) is 9.14. The Hall–Kier alpha value is -1.26. The number of hydrogen-bond acceptors (Lipinski definition) is 3. The summed E-state index contributed by atoms with van der Waals surface area (Å²) in [4.78, 5) is 11.9. The van der Waals surface area contributed by atoms with Crippen LogP contribution in [-0.4, -0.2) is 18.1 Å². The number of benzene rings is 1. The summed E-state index contributed by atoms with van der Waals surface area (Å²) in [5.41, 5.74) is 7.85. The number of ether oxygens (including phenoxy) is 1. The molecule has 1 amide bonds. The molecule has 0 spiro atoms. The van der Waals surface area contributed by atoms with Crippen molar-refractivity contribution >= 4 is 18.3 Å². The molecule has 24 heavy (non-hydrogen) atoms. The maximum Gasteiger partial charge on any atom is 0.220 e. The number of nitrogens with one attached hydrogen (secondary N) is 1. The highest BCUT2D eigenvalue weighted by atomic mass is 35.5. The molecule has 1 aromatic carbocycles. The van der Waals surface area contributed by atoms with E-state index in [1.54, 1.807) is 0 Å². The number of carbonyl (C=O) groups is 1. The van der Waals surface area contributed by atoms with E-state index < -0.39 is 0 Å². The second kappa shape index (κ2) is 11.3. The molecule has 0 saturated carbocycles. The number of rotatable bonds is 9. The van der Waals surface area contributed by atoms with Crippen LogP contribution in [0.1, 0.15) is 58.1 Å². The van der Waals surface area contributed by atoms with Gasteiger partial charge >= 0.3 is 0 Å². The summed E-state index contributed by atoms with van der Waals surface area (Å²) >= 11 is 0. The van der Waals surface area contributed by atoms with Crippen LogP contribution < -0.4 is 15.8 Å². The predicted octanol–water partition coefficient (Wildman–Crippen LogP) is 3.97. The Morgan fingerprint density at radius 3 is 2.50 bits per heavy atom. The number of carbonyl (C=O) groups excluding carboxylic acids is 1. The fourth-order valence-corrected chi connectivity index (χ4v) is 2.49. The lowest BCUT2D eigenvalue weighted by molar-refractivity contribution is -0.121. The molecule has 5 heteroatoms. The molecule has 0 fully saturated rings. The highest BCUT2D eigenvalue weighted by molar-refractivity contribution is 5.85. The lowest BCUT2D eigenvalue weighted by atomic mass is 10.1. The predicted molar refractivity (Wildman–Crippen MR) is 103 cm³/mol. The minimum atomic E-state index is 0. The minimum Gasteiger partial charge on any atom is -0.490 e. The van der Waals surface area contributed by atoms with E-state index in [-0.39, 0.29) is 30.5 Å². The van der Waals surface area contributed by atoms with Crippen LogP contribution in [-0.2, 0) is 11.3 Å². The minimum absolute atomic E-state index is 0. The van der Waals surface area contributed by atoms with Gasteiger partial charge in [-0.25, -0.2) is 0 Å². The van der Waals surface area contributed by atoms with Crippen LogP contribution in [0.15, 0.2) is 18.2 Å². The van der Waals surface area contributed by atoms with Gasteiger partial charge in [-0.2, -0.15) is 0 Å². The Morgan fingerprint density at radius 2 is 1.92 bits per heavy atom. The second-order valence-corrected chi connectivity index (χ2v) is 6.96. The van der Waals surface area contributed by atoms with E-state index >= 15 is 0 Å². The smallest absolute Gasteiger partial charge is 0.220 e. The maximum atomic E-state index is 11.9. The van der Waals surface area contributed by atoms with Crippen LogP contribution in [0.5, 0.6) is 5.75 Å². The maximum absolute atomic E-state index is 11.9. The van der Waals surface area contributed by atoms with Gasteiger partial charge in [-0.3, -0.25) is 4.79 Å². The molecule has 3 N–H and O–H groups in total. The first-order valence-electron chi connectivity index (χ1n) is 8.56. The molecular weight excluding hydrogens is 324 g/mol. The third-order valence-electron chi connectivity index (χ3n) is 3.66. The Balaban J connectivity index is 0.00000529. The first kappa shape index (κ1) is 22.7. The molecule has 2 unspecified atom stereocenters. The third-order valence-corrected chi connectivity index (χ3v) is 3.66. The van der Waals surface area contributed by atoms with Crippen molar-refractivity contribution in [2.45, 2.75) is 72.6 Å². The average molecular weight is 357 g/mol. The van der Waals surface area contributed by atoms with Crippen molar-refractivity contribution in [3.63, 3.8) is 0 Å². The van der Waals surface area contributed by atoms with Gasteiger partial charge in [-0.1, -0.05) is 26.0 Å². The van der Waals surface area contributed by atoms with Crippen LogP contribution in [0.3, 0.4) is 0 Å². The van der Waals surface area contributed by atoms with E-state index in [1.165, 1.54) is 0 Å². The van der Waals surface area contributed by atoms with Gasteiger partial charge in [0.1, 0.15) is 5.75 Å². The quantitative estimate of drug-likeness (QED) is 0.703. The summed E-state index contributed by atoms with van der Waals surface area (Å²) < 4.78 is 6.10. The molecule has 1 rings (SSSR count). The molecule has 2 atom stereocenters. The molecule has 0 radical (unpaired) electrons. The van der Waals surface area contributed by atoms with Crippen molar-refractivity contribution in [2.75, 3.05) is 0 Å². The Kier molecular flexibility index (Phi) is 10.7. The van der Waals surface area contributed by atoms with Crippen LogP contribution in [0, 0.1) is 12.8 Å². The lowest BCUT2D eigenvalue weighted by Crippen LogP contribution is -2.26. The molecule has 138 valence electrons. The number of amides is 1. The van der Waals surface area contributed by atoms with E-state index in [0.717, 1.165) is 23.3 Å². The zero-order chi connectivity index (χ0) is 17.4. The summed E-state index contributed by atoms with van der Waals surface area (Å²) in [6, 6.07) is 6.17. The number of nitrogens with two attached hydrogens (primary N) is 1. The molecule has 0 heterocycles. The average Bonchev–Trinajstić information content (AvgIpc) is 2.43. The zero-order valence-corrected chi connectivity index (χ0v) is 16.4. The van der Waals surface area contributed by atoms with Crippen molar-refractivity contribution < 1.29 is 9.53 Å². The van der Waals surface area contributed by atoms with E-state index in [0.29, 0.717) is 25.3 Å². The molecule has 0 bridgehead atoms. The summed E-state index contributed by atoms with van der Waals surface area (Å²) in [6.45, 7) is 10.9. The standard InChI is InChI=1S/C19H32N2O2.ClH/c1-13(2)10-16(5)23-18-11-14(3)6-8-17(18)12-21-19(22)9-7-15(4)20;/h6,8,11,13,15-16H,7,9-10,12,20H2,1-5H3,(H,21,22);1H. The van der Waals surface area contributed by atoms with Crippen LogP contribution >= 0.6 is 12.4 Å². The van der Waals surface area contributed by atoms with Gasteiger partial charge in [0.05, 0.1) is 6.10 Å². The number of halogens is 1. The van der Waals surface area contributed by atoms with Gasteiger partial charge in [0.2, 0.25) is 5.91 Å². The van der Waals surface area contributed by atoms with Crippen molar-refractivity contribution in [1.29, 1.82) is 0 Å². The SMILES string of the molecule is Cc1ccc(CNC(=O)CCC(C)N)c(OC(C)CC(C)C)c1.Cl. The largest absolute Gasteiger partial charge is 0.490 e. The molecule has 4 nitrogen and oxygen atoms in total. The summed E-state index contributed by atoms with van der Waals surface area (Å²) in [7, 11) is 0. The summed E-state index contributed by atoms with van der Waals surface area (Å²) in [5, 5.41) is 2.95. The van der Waals surface area contributed by atoms with E-state index in [2.05, 4.69) is 26.1 Å². The summed E-state index contributed by atoms with van der Waals surface area (Å²) in [5.74, 6) is 1.49. The monoisotopic (exact) mass is 356 g/mol. The highest BCUT2D eigenvalue weighted by Crippen LogP contribution is 2.23. The van der Waals surface area contributed by atoms with E-state index in [1.807, 2.05) is 32.0 Å². The molecule has 0 aliphatic carbocycles. The van der Waals surface area contributed by atoms with Crippen molar-refractivity contribution in [3.05, 3.63) is 29.3 Å². The molecule has 0 saturated heterocycles. The molecular formula is C19H33ClN2O2. The second-order valence-electron chi connectivity index (χ2n) is 6.96. The van der Waals surface area contributed by atoms with Crippen molar-refractivity contribution in [2.24, 2.45) is 11.7 Å². The molecule has 0 aromatic heterocycles. The number of hydrogen-bond donors (Lipinski definition) is 2. The fraction of sp³-hybridized carbons (Fsp3) is 0.632. The lowest BCUT2D eigenvalue weighted by Gasteiger charge is -2.20. The molecule has 0 aliphatic heterocycles. The summed E-state index contributed by atoms with van der Waals surface area (Å²) in [6.07, 6.45) is 2.33. The first-order valence-corrected chi connectivity index (χ1v) is 8.56. The van der Waals surface area contributed by atoms with Gasteiger partial charge in [-0.15, -0.1) is 12.4 Å². The van der Waals surface area contributed by atoms with Crippen LogP contribution in [0.25, 0.3) is 0 Å². The van der Waals surface area contributed by atoms with Gasteiger partial charge in [-0.05, 0) is 51.2 Å². The van der Waals surface area contributed by atoms with Gasteiger partial charge < -0.3 is 15.8 Å². The van der Waals surface area contributed by atoms with Crippen LogP contribution in [0.4, 0.5) is 0 Å². The Morgan fingerprint density at radius 1 is 1.25 bits per heavy atom. The van der Waals surface area contributed by atoms with Gasteiger partial charge in [0.15, 0.2) is 0 Å². The topological polar surface area (TPSA) is 64.4 Å². The Bertz CT molecular complexity index is 504. The van der Waals surface area contributed by atoms with E-state index in [4.69, 9.17) is 10.5 Å². The number of aryl methyl sites for hydroxylation is 1. The normalized spacial score (nSPS) is 13.1. The van der Waals surface area contributed by atoms with Crippen molar-refractivity contribution in [3.8, 4) is 5.75 Å². The molecule has 0 aliphatic rings. The highest BCUT2D eigenvalue weighted by Gasteiger charge is 2.12.